The molecule has 3 N–H and O–H groups in total. The molecule has 0 heterocycles. The van der Waals surface area contributed by atoms with E-state index in [1.54, 1.807) is 6.92 Å². The van der Waals surface area contributed by atoms with E-state index in [1.165, 1.54) is 24.3 Å². The predicted octanol–water partition coefficient (Wildman–Crippen LogP) is 2.66. The van der Waals surface area contributed by atoms with Gasteiger partial charge in [-0.3, -0.25) is 4.72 Å². The molecule has 0 aliphatic rings. The Morgan fingerprint density at radius 3 is 2.45 bits per heavy atom. The van der Waals surface area contributed by atoms with Crippen LogP contribution in [0.15, 0.2) is 41.3 Å². The minimum atomic E-state index is -4.22. The van der Waals surface area contributed by atoms with Crippen LogP contribution in [0.25, 0.3) is 0 Å². The molecule has 20 heavy (non-hydrogen) atoms. The molecule has 2 rings (SSSR count). The summed E-state index contributed by atoms with van der Waals surface area (Å²) in [6.45, 7) is 1.61. The summed E-state index contributed by atoms with van der Waals surface area (Å²) in [5, 5.41) is 0. The van der Waals surface area contributed by atoms with Crippen molar-refractivity contribution in [1.82, 2.24) is 0 Å². The summed E-state index contributed by atoms with van der Waals surface area (Å²) in [5.41, 5.74) is 5.81. The molecule has 0 aliphatic carbocycles. The average molecular weight is 298 g/mol. The van der Waals surface area contributed by atoms with Crippen LogP contribution in [0.5, 0.6) is 0 Å². The summed E-state index contributed by atoms with van der Waals surface area (Å²) in [5.74, 6) is -1.56. The van der Waals surface area contributed by atoms with Gasteiger partial charge in [0.2, 0.25) is 0 Å². The zero-order chi connectivity index (χ0) is 14.9. The summed E-state index contributed by atoms with van der Waals surface area (Å²) < 4.78 is 53.2. The van der Waals surface area contributed by atoms with Crippen molar-refractivity contribution in [3.05, 3.63) is 53.6 Å². The van der Waals surface area contributed by atoms with E-state index >= 15 is 0 Å². The highest BCUT2D eigenvalue weighted by atomic mass is 32.2. The molecule has 4 nitrogen and oxygen atoms in total. The second kappa shape index (κ2) is 5.09. The van der Waals surface area contributed by atoms with Crippen LogP contribution >= 0.6 is 0 Å². The Morgan fingerprint density at radius 2 is 1.85 bits per heavy atom. The molecule has 106 valence electrons. The number of nitrogens with one attached hydrogen (secondary N) is 1. The van der Waals surface area contributed by atoms with Crippen LogP contribution < -0.4 is 10.5 Å². The van der Waals surface area contributed by atoms with Crippen LogP contribution in [0, 0.1) is 18.6 Å². The molecule has 0 bridgehead atoms. The highest BCUT2D eigenvalue weighted by Crippen LogP contribution is 2.25. The van der Waals surface area contributed by atoms with Crippen molar-refractivity contribution in [2.75, 3.05) is 10.5 Å². The third-order valence-corrected chi connectivity index (χ3v) is 4.03. The molecule has 0 saturated carbocycles. The Kier molecular flexibility index (Phi) is 3.63. The number of halogens is 2. The molecule has 0 saturated heterocycles. The molecule has 0 atom stereocenters. The van der Waals surface area contributed by atoms with E-state index in [1.807, 2.05) is 0 Å². The number of nitrogen functional groups attached to an aromatic ring is 1. The normalized spacial score (nSPS) is 11.3. The summed E-state index contributed by atoms with van der Waals surface area (Å²) in [6.07, 6.45) is 0. The number of hydrogen-bond donors (Lipinski definition) is 2. The van der Waals surface area contributed by atoms with Gasteiger partial charge in [-0.25, -0.2) is 17.2 Å². The topological polar surface area (TPSA) is 72.2 Å². The van der Waals surface area contributed by atoms with Gasteiger partial charge in [0, 0.05) is 0 Å². The van der Waals surface area contributed by atoms with Gasteiger partial charge >= 0.3 is 0 Å². The molecular formula is C13H12F2N2O2S. The summed E-state index contributed by atoms with van der Waals surface area (Å²) in [7, 11) is -4.22. The third kappa shape index (κ3) is 2.88. The van der Waals surface area contributed by atoms with Gasteiger partial charge < -0.3 is 5.73 Å². The van der Waals surface area contributed by atoms with Gasteiger partial charge in [-0.1, -0.05) is 6.07 Å². The van der Waals surface area contributed by atoms with Crippen molar-refractivity contribution in [3.8, 4) is 0 Å². The molecule has 0 amide bonds. The first-order chi connectivity index (χ1) is 9.29. The van der Waals surface area contributed by atoms with E-state index in [9.17, 15) is 17.2 Å². The second-order valence-electron chi connectivity index (χ2n) is 4.28. The van der Waals surface area contributed by atoms with Crippen molar-refractivity contribution in [2.45, 2.75) is 11.8 Å². The minimum Gasteiger partial charge on any atom is -0.398 e. The molecule has 7 heteroatoms. The molecule has 0 radical (unpaired) electrons. The van der Waals surface area contributed by atoms with E-state index in [0.29, 0.717) is 5.56 Å². The lowest BCUT2D eigenvalue weighted by atomic mass is 10.2. The van der Waals surface area contributed by atoms with E-state index in [2.05, 4.69) is 4.72 Å². The standard InChI is InChI=1S/C13H12F2N2O2S/c1-8-5-9(14)7-10(6-8)17-20(18,19)13-11(15)3-2-4-12(13)16/h2-7,17H,16H2,1H3. The van der Waals surface area contributed by atoms with E-state index in [4.69, 9.17) is 5.73 Å². The molecule has 2 aromatic carbocycles. The summed E-state index contributed by atoms with van der Waals surface area (Å²) in [4.78, 5) is -0.651. The molecule has 0 spiro atoms. The van der Waals surface area contributed by atoms with Gasteiger partial charge in [0.15, 0.2) is 0 Å². The van der Waals surface area contributed by atoms with Crippen molar-refractivity contribution in [2.24, 2.45) is 0 Å². The number of anilines is 2. The smallest absolute Gasteiger partial charge is 0.266 e. The monoisotopic (exact) mass is 298 g/mol. The van der Waals surface area contributed by atoms with Crippen LogP contribution in [0.2, 0.25) is 0 Å². The molecule has 0 fully saturated rings. The lowest BCUT2D eigenvalue weighted by Crippen LogP contribution is -2.16. The fraction of sp³-hybridized carbons (Fsp3) is 0.0769. The number of nitrogens with two attached hydrogens (primary N) is 1. The van der Waals surface area contributed by atoms with Gasteiger partial charge in [-0.05, 0) is 42.8 Å². The average Bonchev–Trinajstić information content (AvgIpc) is 2.25. The Balaban J connectivity index is 2.46. The maximum atomic E-state index is 13.6. The number of sulfonamides is 1. The van der Waals surface area contributed by atoms with Crippen LogP contribution in [-0.4, -0.2) is 8.42 Å². The second-order valence-corrected chi connectivity index (χ2v) is 5.90. The SMILES string of the molecule is Cc1cc(F)cc(NS(=O)(=O)c2c(N)cccc2F)c1. The fourth-order valence-corrected chi connectivity index (χ4v) is 3.04. The van der Waals surface area contributed by atoms with Crippen molar-refractivity contribution < 1.29 is 17.2 Å². The number of hydrogen-bond acceptors (Lipinski definition) is 3. The maximum absolute atomic E-state index is 13.6. The summed E-state index contributed by atoms with van der Waals surface area (Å²) in [6, 6.07) is 7.24. The quantitative estimate of drug-likeness (QED) is 0.856. The number of benzene rings is 2. The number of aryl methyl sites for hydroxylation is 1. The lowest BCUT2D eigenvalue weighted by Gasteiger charge is -2.11. The van der Waals surface area contributed by atoms with E-state index in [-0.39, 0.29) is 11.4 Å². The molecule has 2 aromatic rings. The maximum Gasteiger partial charge on any atom is 0.266 e. The highest BCUT2D eigenvalue weighted by molar-refractivity contribution is 7.92. The number of rotatable bonds is 3. The Bertz CT molecular complexity index is 720. The molecule has 0 aliphatic heterocycles. The lowest BCUT2D eigenvalue weighted by molar-refractivity contribution is 0.572. The first-order valence-corrected chi connectivity index (χ1v) is 7.12. The van der Waals surface area contributed by atoms with Crippen LogP contribution in [0.4, 0.5) is 20.2 Å². The fourth-order valence-electron chi connectivity index (χ4n) is 1.81. The third-order valence-electron chi connectivity index (χ3n) is 2.56. The Hall–Kier alpha value is -2.15. The van der Waals surface area contributed by atoms with Crippen LogP contribution in [-0.2, 0) is 10.0 Å². The predicted molar refractivity (Wildman–Crippen MR) is 72.8 cm³/mol. The summed E-state index contributed by atoms with van der Waals surface area (Å²) >= 11 is 0. The van der Waals surface area contributed by atoms with Gasteiger partial charge in [0.1, 0.15) is 16.5 Å². The minimum absolute atomic E-state index is 0.00477. The van der Waals surface area contributed by atoms with Gasteiger partial charge in [0.25, 0.3) is 10.0 Å². The van der Waals surface area contributed by atoms with Gasteiger partial charge in [0.05, 0.1) is 11.4 Å². The van der Waals surface area contributed by atoms with Crippen molar-refractivity contribution in [3.63, 3.8) is 0 Å². The Morgan fingerprint density at radius 1 is 1.15 bits per heavy atom. The van der Waals surface area contributed by atoms with Crippen molar-refractivity contribution in [1.29, 1.82) is 0 Å². The highest BCUT2D eigenvalue weighted by Gasteiger charge is 2.22. The Labute approximate surface area is 115 Å². The first-order valence-electron chi connectivity index (χ1n) is 5.63. The van der Waals surface area contributed by atoms with Crippen LogP contribution in [0.1, 0.15) is 5.56 Å². The zero-order valence-corrected chi connectivity index (χ0v) is 11.3. The van der Waals surface area contributed by atoms with Gasteiger partial charge in [-0.2, -0.15) is 0 Å². The van der Waals surface area contributed by atoms with Crippen molar-refractivity contribution >= 4 is 21.4 Å². The molecule has 0 aromatic heterocycles. The zero-order valence-electron chi connectivity index (χ0n) is 10.5. The largest absolute Gasteiger partial charge is 0.398 e. The van der Waals surface area contributed by atoms with E-state index < -0.39 is 26.6 Å². The van der Waals surface area contributed by atoms with E-state index in [0.717, 1.165) is 12.1 Å². The molecule has 0 unspecified atom stereocenters. The molecular weight excluding hydrogens is 286 g/mol. The first kappa shape index (κ1) is 14.3. The van der Waals surface area contributed by atoms with Gasteiger partial charge in [-0.15, -0.1) is 0 Å². The van der Waals surface area contributed by atoms with Crippen LogP contribution in [0.3, 0.4) is 0 Å².